The van der Waals surface area contributed by atoms with Crippen LogP contribution in [0.2, 0.25) is 0 Å². The van der Waals surface area contributed by atoms with E-state index in [9.17, 15) is 0 Å². The molecule has 98 valence electrons. The van der Waals surface area contributed by atoms with Crippen LogP contribution >= 0.6 is 0 Å². The van der Waals surface area contributed by atoms with Crippen molar-refractivity contribution in [3.05, 3.63) is 0 Å². The van der Waals surface area contributed by atoms with Gasteiger partial charge in [0.1, 0.15) is 0 Å². The van der Waals surface area contributed by atoms with Crippen LogP contribution in [0.1, 0.15) is 64.7 Å². The maximum atomic E-state index is 9.00. The molecule has 0 saturated carbocycles. The quantitative estimate of drug-likeness (QED) is 0.478. The fraction of sp³-hybridized carbons (Fsp3) is 1.00. The maximum Gasteiger partial charge on any atom is 0.0633 e. The van der Waals surface area contributed by atoms with Gasteiger partial charge in [0.15, 0.2) is 0 Å². The lowest BCUT2D eigenvalue weighted by Crippen LogP contribution is -2.47. The molecule has 3 nitrogen and oxygen atoms in total. The van der Waals surface area contributed by atoms with Crippen LogP contribution in [0.5, 0.6) is 0 Å². The minimum Gasteiger partial charge on any atom is -0.394 e. The van der Waals surface area contributed by atoms with Crippen LogP contribution in [0.25, 0.3) is 0 Å². The lowest BCUT2D eigenvalue weighted by Gasteiger charge is -2.24. The summed E-state index contributed by atoms with van der Waals surface area (Å²) in [6.07, 6.45) is 10.8. The second-order valence-corrected chi connectivity index (χ2v) is 4.90. The Kier molecular flexibility index (Phi) is 9.99. The van der Waals surface area contributed by atoms with E-state index in [1.54, 1.807) is 0 Å². The highest BCUT2D eigenvalue weighted by Crippen LogP contribution is 2.14. The third-order valence-corrected chi connectivity index (χ3v) is 3.16. The van der Waals surface area contributed by atoms with E-state index in [0.29, 0.717) is 0 Å². The maximum absolute atomic E-state index is 9.00. The van der Waals surface area contributed by atoms with Crippen LogP contribution in [-0.2, 0) is 0 Å². The summed E-state index contributed by atoms with van der Waals surface area (Å²) in [7, 11) is 0. The number of hydrogen-bond acceptors (Lipinski definition) is 3. The summed E-state index contributed by atoms with van der Waals surface area (Å²) < 4.78 is 0. The minimum absolute atomic E-state index is 0.125. The van der Waals surface area contributed by atoms with Gasteiger partial charge >= 0.3 is 0 Å². The highest BCUT2D eigenvalue weighted by Gasteiger charge is 2.21. The van der Waals surface area contributed by atoms with Gasteiger partial charge in [0.25, 0.3) is 0 Å². The molecule has 0 fully saturated rings. The molecule has 0 atom stereocenters. The van der Waals surface area contributed by atoms with E-state index in [1.807, 2.05) is 0 Å². The Morgan fingerprint density at radius 3 is 1.69 bits per heavy atom. The standard InChI is InChI=1S/C13H29NO2/c1-2-3-4-5-6-7-8-9-10-13(14,11-15)12-16/h15-16H,2-12,14H2,1H3. The van der Waals surface area contributed by atoms with Gasteiger partial charge in [0.05, 0.1) is 18.8 Å². The lowest BCUT2D eigenvalue weighted by molar-refractivity contribution is 0.112. The van der Waals surface area contributed by atoms with Gasteiger partial charge in [-0.1, -0.05) is 58.3 Å². The summed E-state index contributed by atoms with van der Waals surface area (Å²) in [6, 6.07) is 0. The van der Waals surface area contributed by atoms with E-state index in [1.165, 1.54) is 38.5 Å². The molecule has 0 amide bonds. The number of aliphatic hydroxyl groups excluding tert-OH is 2. The molecule has 4 N–H and O–H groups in total. The normalized spacial score (nSPS) is 12.0. The van der Waals surface area contributed by atoms with Crippen molar-refractivity contribution < 1.29 is 10.2 Å². The highest BCUT2D eigenvalue weighted by atomic mass is 16.3. The number of hydrogen-bond donors (Lipinski definition) is 3. The summed E-state index contributed by atoms with van der Waals surface area (Å²) in [6.45, 7) is 1.98. The number of aliphatic hydroxyl groups is 2. The molecule has 0 heterocycles. The molecule has 0 aliphatic carbocycles. The molecule has 0 rings (SSSR count). The Balaban J connectivity index is 3.26. The molecule has 0 saturated heterocycles. The van der Waals surface area contributed by atoms with Gasteiger partial charge in [-0.05, 0) is 6.42 Å². The van der Waals surface area contributed by atoms with Crippen molar-refractivity contribution in [1.29, 1.82) is 0 Å². The molecule has 0 aromatic rings. The summed E-state index contributed by atoms with van der Waals surface area (Å²) in [5.74, 6) is 0. The molecule has 0 aliphatic heterocycles. The van der Waals surface area contributed by atoms with Crippen molar-refractivity contribution in [3.63, 3.8) is 0 Å². The summed E-state index contributed by atoms with van der Waals surface area (Å²) in [5, 5.41) is 18.0. The average molecular weight is 231 g/mol. The lowest BCUT2D eigenvalue weighted by atomic mass is 9.94. The second kappa shape index (κ2) is 10.1. The smallest absolute Gasteiger partial charge is 0.0633 e. The van der Waals surface area contributed by atoms with Gasteiger partial charge in [-0.15, -0.1) is 0 Å². The summed E-state index contributed by atoms with van der Waals surface area (Å²) >= 11 is 0. The van der Waals surface area contributed by atoms with Crippen LogP contribution in [0.4, 0.5) is 0 Å². The predicted octanol–water partition coefficient (Wildman–Crippen LogP) is 2.20. The van der Waals surface area contributed by atoms with Crippen LogP contribution < -0.4 is 5.73 Å². The van der Waals surface area contributed by atoms with E-state index in [0.717, 1.165) is 19.3 Å². The number of unbranched alkanes of at least 4 members (excludes halogenated alkanes) is 7. The SMILES string of the molecule is CCCCCCCCCCC(N)(CO)CO. The van der Waals surface area contributed by atoms with Crippen molar-refractivity contribution in [2.24, 2.45) is 5.73 Å². The Bertz CT molecular complexity index is 147. The fourth-order valence-electron chi connectivity index (χ4n) is 1.82. The van der Waals surface area contributed by atoms with Gasteiger partial charge in [-0.2, -0.15) is 0 Å². The first-order valence-corrected chi connectivity index (χ1v) is 6.69. The zero-order chi connectivity index (χ0) is 12.3. The molecule has 16 heavy (non-hydrogen) atoms. The molecule has 0 aromatic heterocycles. The molecule has 0 bridgehead atoms. The fourth-order valence-corrected chi connectivity index (χ4v) is 1.82. The van der Waals surface area contributed by atoms with E-state index >= 15 is 0 Å². The average Bonchev–Trinajstić information content (AvgIpc) is 2.32. The zero-order valence-electron chi connectivity index (χ0n) is 10.7. The number of rotatable bonds is 11. The monoisotopic (exact) mass is 231 g/mol. The largest absolute Gasteiger partial charge is 0.394 e. The summed E-state index contributed by atoms with van der Waals surface area (Å²) in [5.41, 5.74) is 5.02. The van der Waals surface area contributed by atoms with E-state index in [2.05, 4.69) is 6.92 Å². The van der Waals surface area contributed by atoms with Crippen molar-refractivity contribution in [2.75, 3.05) is 13.2 Å². The van der Waals surface area contributed by atoms with Gasteiger partial charge in [-0.3, -0.25) is 0 Å². The van der Waals surface area contributed by atoms with Crippen LogP contribution in [0.15, 0.2) is 0 Å². The van der Waals surface area contributed by atoms with Crippen LogP contribution in [0.3, 0.4) is 0 Å². The Morgan fingerprint density at radius 2 is 1.25 bits per heavy atom. The van der Waals surface area contributed by atoms with Crippen molar-refractivity contribution in [1.82, 2.24) is 0 Å². The van der Waals surface area contributed by atoms with Gasteiger partial charge < -0.3 is 15.9 Å². The Morgan fingerprint density at radius 1 is 0.812 bits per heavy atom. The highest BCUT2D eigenvalue weighted by molar-refractivity contribution is 4.81. The third-order valence-electron chi connectivity index (χ3n) is 3.16. The van der Waals surface area contributed by atoms with E-state index in [4.69, 9.17) is 15.9 Å². The van der Waals surface area contributed by atoms with Gasteiger partial charge in [0, 0.05) is 0 Å². The molecule has 0 aliphatic rings. The number of nitrogens with two attached hydrogens (primary N) is 1. The summed E-state index contributed by atoms with van der Waals surface area (Å²) in [4.78, 5) is 0. The molecule has 0 aromatic carbocycles. The topological polar surface area (TPSA) is 66.5 Å². The Hall–Kier alpha value is -0.120. The molecule has 0 spiro atoms. The van der Waals surface area contributed by atoms with Crippen molar-refractivity contribution >= 4 is 0 Å². The molecule has 0 unspecified atom stereocenters. The predicted molar refractivity (Wildman–Crippen MR) is 68.3 cm³/mol. The minimum atomic E-state index is -0.762. The molecular weight excluding hydrogens is 202 g/mol. The zero-order valence-corrected chi connectivity index (χ0v) is 10.7. The van der Waals surface area contributed by atoms with Crippen molar-refractivity contribution in [3.8, 4) is 0 Å². The third kappa shape index (κ3) is 8.08. The second-order valence-electron chi connectivity index (χ2n) is 4.90. The van der Waals surface area contributed by atoms with E-state index < -0.39 is 5.54 Å². The van der Waals surface area contributed by atoms with Crippen LogP contribution in [-0.4, -0.2) is 29.0 Å². The first-order chi connectivity index (χ1) is 7.68. The molecule has 3 heteroatoms. The molecular formula is C13H29NO2. The Labute approximate surface area is 100 Å². The van der Waals surface area contributed by atoms with Crippen LogP contribution in [0, 0.1) is 0 Å². The molecule has 0 radical (unpaired) electrons. The van der Waals surface area contributed by atoms with Gasteiger partial charge in [0.2, 0.25) is 0 Å². The first kappa shape index (κ1) is 15.9. The van der Waals surface area contributed by atoms with Gasteiger partial charge in [-0.25, -0.2) is 0 Å². The van der Waals surface area contributed by atoms with Crippen molar-refractivity contribution in [2.45, 2.75) is 70.3 Å². The first-order valence-electron chi connectivity index (χ1n) is 6.69. The van der Waals surface area contributed by atoms with E-state index in [-0.39, 0.29) is 13.2 Å².